The molecule has 1 aliphatic heterocycles. The number of fused-ring (bicyclic) bond motifs is 1. The largest absolute Gasteiger partial charge is 0.408 e. The quantitative estimate of drug-likeness (QED) is 0.578. The van der Waals surface area contributed by atoms with E-state index >= 15 is 0 Å². The van der Waals surface area contributed by atoms with Crippen molar-refractivity contribution in [3.63, 3.8) is 0 Å². The molecule has 3 aromatic heterocycles. The summed E-state index contributed by atoms with van der Waals surface area (Å²) in [6, 6.07) is 1.37. The third-order valence-electron chi connectivity index (χ3n) is 5.32. The van der Waals surface area contributed by atoms with E-state index in [9.17, 15) is 18.0 Å². The summed E-state index contributed by atoms with van der Waals surface area (Å²) in [5.74, 6) is -0.353. The van der Waals surface area contributed by atoms with E-state index in [0.29, 0.717) is 55.1 Å². The third-order valence-corrected chi connectivity index (χ3v) is 5.32. The zero-order valence-electron chi connectivity index (χ0n) is 18.0. The Bertz CT molecular complexity index is 1200. The van der Waals surface area contributed by atoms with E-state index in [1.165, 1.54) is 12.3 Å². The van der Waals surface area contributed by atoms with Crippen LogP contribution in [0.5, 0.6) is 0 Å². The fourth-order valence-electron chi connectivity index (χ4n) is 3.86. The molecule has 0 radical (unpaired) electrons. The lowest BCUT2D eigenvalue weighted by molar-refractivity contribution is -0.141. The number of aromatic nitrogens is 4. The first-order valence-corrected chi connectivity index (χ1v) is 10.4. The van der Waals surface area contributed by atoms with Crippen LogP contribution >= 0.6 is 0 Å². The number of pyridine rings is 1. The van der Waals surface area contributed by atoms with E-state index in [1.54, 1.807) is 23.2 Å². The SMILES string of the molecule is C=Nc1c(-c2nn(CC(F)(F)F)c3cc(C(=O)N4CCCOCC4)ncc23)c[nH]c1/C=C\C. The van der Waals surface area contributed by atoms with Crippen molar-refractivity contribution in [1.82, 2.24) is 24.6 Å². The number of ether oxygens (including phenoxy) is 1. The van der Waals surface area contributed by atoms with Gasteiger partial charge in [0.05, 0.1) is 23.5 Å². The van der Waals surface area contributed by atoms with Crippen LogP contribution in [-0.4, -0.2) is 69.8 Å². The average Bonchev–Trinajstić information content (AvgIpc) is 3.20. The van der Waals surface area contributed by atoms with Crippen molar-refractivity contribution in [2.45, 2.75) is 26.1 Å². The highest BCUT2D eigenvalue weighted by Crippen LogP contribution is 2.38. The smallest absolute Gasteiger partial charge is 0.380 e. The first-order chi connectivity index (χ1) is 15.8. The number of halogens is 3. The summed E-state index contributed by atoms with van der Waals surface area (Å²) < 4.78 is 46.2. The molecule has 4 heterocycles. The third kappa shape index (κ3) is 4.68. The lowest BCUT2D eigenvalue weighted by Gasteiger charge is -2.19. The molecule has 3 aromatic rings. The number of allylic oxidation sites excluding steroid dienone is 1. The summed E-state index contributed by atoms with van der Waals surface area (Å²) in [7, 11) is 0. The number of rotatable bonds is 5. The first kappa shape index (κ1) is 22.7. The molecule has 33 heavy (non-hydrogen) atoms. The molecule has 1 fully saturated rings. The Hall–Kier alpha value is -3.47. The average molecular weight is 460 g/mol. The molecule has 0 aliphatic carbocycles. The Kier molecular flexibility index (Phi) is 6.32. The first-order valence-electron chi connectivity index (χ1n) is 10.4. The molecule has 0 saturated carbocycles. The second-order valence-corrected chi connectivity index (χ2v) is 7.59. The van der Waals surface area contributed by atoms with Gasteiger partial charge in [0.25, 0.3) is 5.91 Å². The van der Waals surface area contributed by atoms with Crippen molar-refractivity contribution < 1.29 is 22.7 Å². The number of carbonyl (C=O) groups excluding carboxylic acids is 1. The number of nitrogens with one attached hydrogen (secondary N) is 1. The Balaban J connectivity index is 1.83. The van der Waals surface area contributed by atoms with E-state index < -0.39 is 12.7 Å². The van der Waals surface area contributed by atoms with Crippen molar-refractivity contribution in [3.05, 3.63) is 35.9 Å². The predicted octanol–water partition coefficient (Wildman–Crippen LogP) is 4.22. The number of alkyl halides is 3. The molecule has 0 atom stereocenters. The normalized spacial score (nSPS) is 15.3. The van der Waals surface area contributed by atoms with E-state index in [0.717, 1.165) is 4.68 Å². The van der Waals surface area contributed by atoms with Gasteiger partial charge in [-0.2, -0.15) is 18.3 Å². The van der Waals surface area contributed by atoms with E-state index in [1.807, 2.05) is 6.92 Å². The van der Waals surface area contributed by atoms with Gasteiger partial charge in [-0.05, 0) is 32.2 Å². The van der Waals surface area contributed by atoms with Gasteiger partial charge >= 0.3 is 6.18 Å². The van der Waals surface area contributed by atoms with Gasteiger partial charge in [0.1, 0.15) is 17.9 Å². The van der Waals surface area contributed by atoms with Crippen LogP contribution in [0.15, 0.2) is 29.5 Å². The Labute approximate surface area is 187 Å². The van der Waals surface area contributed by atoms with Crippen LogP contribution in [0.4, 0.5) is 18.9 Å². The molecule has 0 aromatic carbocycles. The van der Waals surface area contributed by atoms with E-state index in [4.69, 9.17) is 4.74 Å². The lowest BCUT2D eigenvalue weighted by atomic mass is 10.1. The summed E-state index contributed by atoms with van der Waals surface area (Å²) in [4.78, 5) is 25.9. The number of nitrogens with zero attached hydrogens (tertiary/aromatic N) is 5. The fraction of sp³-hybridized carbons (Fsp3) is 0.364. The molecule has 1 amide bonds. The maximum absolute atomic E-state index is 13.3. The maximum Gasteiger partial charge on any atom is 0.408 e. The molecule has 0 unspecified atom stereocenters. The molecule has 0 bridgehead atoms. The molecular weight excluding hydrogens is 437 g/mol. The zero-order chi connectivity index (χ0) is 23.6. The number of carbonyl (C=O) groups is 1. The van der Waals surface area contributed by atoms with Crippen LogP contribution in [0.3, 0.4) is 0 Å². The minimum atomic E-state index is -4.50. The van der Waals surface area contributed by atoms with Gasteiger partial charge in [-0.1, -0.05) is 6.08 Å². The van der Waals surface area contributed by atoms with Gasteiger partial charge in [0.2, 0.25) is 0 Å². The summed E-state index contributed by atoms with van der Waals surface area (Å²) in [6.45, 7) is 5.97. The molecule has 1 aliphatic rings. The summed E-state index contributed by atoms with van der Waals surface area (Å²) in [5.41, 5.74) is 2.12. The summed E-state index contributed by atoms with van der Waals surface area (Å²) in [6.07, 6.45) is 2.78. The topological polar surface area (TPSA) is 88.4 Å². The second-order valence-electron chi connectivity index (χ2n) is 7.59. The fourth-order valence-corrected chi connectivity index (χ4v) is 3.86. The summed E-state index contributed by atoms with van der Waals surface area (Å²) >= 11 is 0. The highest BCUT2D eigenvalue weighted by Gasteiger charge is 2.31. The number of H-pyrrole nitrogens is 1. The van der Waals surface area contributed by atoms with Gasteiger partial charge < -0.3 is 14.6 Å². The van der Waals surface area contributed by atoms with Crippen LogP contribution in [-0.2, 0) is 11.3 Å². The van der Waals surface area contributed by atoms with Crippen LogP contribution in [0.25, 0.3) is 28.2 Å². The van der Waals surface area contributed by atoms with E-state index in [2.05, 4.69) is 26.8 Å². The minimum Gasteiger partial charge on any atom is -0.380 e. The van der Waals surface area contributed by atoms with Crippen LogP contribution in [0, 0.1) is 0 Å². The van der Waals surface area contributed by atoms with Gasteiger partial charge in [-0.15, -0.1) is 0 Å². The number of aromatic amines is 1. The van der Waals surface area contributed by atoms with Crippen LogP contribution < -0.4 is 0 Å². The molecule has 0 spiro atoms. The molecule has 1 saturated heterocycles. The van der Waals surface area contributed by atoms with Crippen molar-refractivity contribution in [2.24, 2.45) is 4.99 Å². The number of amides is 1. The minimum absolute atomic E-state index is 0.0602. The Morgan fingerprint density at radius 1 is 1.36 bits per heavy atom. The molecule has 11 heteroatoms. The zero-order valence-corrected chi connectivity index (χ0v) is 18.0. The maximum atomic E-state index is 13.3. The Morgan fingerprint density at radius 2 is 2.18 bits per heavy atom. The molecule has 1 N–H and O–H groups in total. The molecule has 4 rings (SSSR count). The van der Waals surface area contributed by atoms with Crippen molar-refractivity contribution in [2.75, 3.05) is 26.3 Å². The highest BCUT2D eigenvalue weighted by molar-refractivity contribution is 6.01. The van der Waals surface area contributed by atoms with Gasteiger partial charge in [-0.25, -0.2) is 0 Å². The van der Waals surface area contributed by atoms with Gasteiger partial charge in [-0.3, -0.25) is 19.5 Å². The second kappa shape index (κ2) is 9.18. The van der Waals surface area contributed by atoms with Crippen LogP contribution in [0.2, 0.25) is 0 Å². The summed E-state index contributed by atoms with van der Waals surface area (Å²) in [5, 5.41) is 4.62. The number of hydrogen-bond donors (Lipinski definition) is 1. The van der Waals surface area contributed by atoms with Crippen molar-refractivity contribution in [1.29, 1.82) is 0 Å². The predicted molar refractivity (Wildman–Crippen MR) is 119 cm³/mol. The number of hydrogen-bond acceptors (Lipinski definition) is 5. The number of aliphatic imine (C=N–C) groups is 1. The lowest BCUT2D eigenvalue weighted by Crippen LogP contribution is -2.33. The molecule has 8 nitrogen and oxygen atoms in total. The molecular formula is C22H23F3N6O2. The monoisotopic (exact) mass is 460 g/mol. The molecule has 174 valence electrons. The highest BCUT2D eigenvalue weighted by atomic mass is 19.4. The van der Waals surface area contributed by atoms with Crippen molar-refractivity contribution >= 4 is 35.3 Å². The van der Waals surface area contributed by atoms with Gasteiger partial charge in [0.15, 0.2) is 0 Å². The standard InChI is InChI=1S/C22H23F3N6O2/c1-3-5-16-20(26-2)15(12-27-16)19-14-11-28-17(21(32)30-6-4-8-33-9-7-30)10-18(14)31(29-19)13-22(23,24)25/h3,5,10-12,27H,2,4,6-9,13H2,1H3/b5-3-. The van der Waals surface area contributed by atoms with Gasteiger partial charge in [0, 0.05) is 43.0 Å². The Morgan fingerprint density at radius 3 is 2.91 bits per heavy atom. The van der Waals surface area contributed by atoms with E-state index in [-0.39, 0.29) is 22.8 Å². The van der Waals surface area contributed by atoms with Crippen molar-refractivity contribution in [3.8, 4) is 11.3 Å². The van der Waals surface area contributed by atoms with Crippen LogP contribution in [0.1, 0.15) is 29.5 Å².